The number of quaternary nitrogens is 1. The third-order valence-electron chi connectivity index (χ3n) is 2.02. The number of aliphatic hydroxyl groups excluding tert-OH is 1. The topological polar surface area (TPSA) is 88.0 Å². The zero-order valence-electron chi connectivity index (χ0n) is 7.77. The van der Waals surface area contributed by atoms with Crippen LogP contribution in [0.1, 0.15) is 11.1 Å². The van der Waals surface area contributed by atoms with Crippen molar-refractivity contribution in [2.24, 2.45) is 0 Å². The van der Waals surface area contributed by atoms with Crippen molar-refractivity contribution < 1.29 is 20.7 Å². The van der Waals surface area contributed by atoms with E-state index in [9.17, 15) is 9.90 Å². The lowest BCUT2D eigenvalue weighted by molar-refractivity contribution is -0.437. The molecule has 4 nitrogen and oxygen atoms in total. The molecule has 0 bridgehead atoms. The molecular formula is C10H13NO3. The quantitative estimate of drug-likeness (QED) is 0.587. The van der Waals surface area contributed by atoms with Gasteiger partial charge in [-0.2, -0.15) is 0 Å². The number of aliphatic hydroxyl groups is 1. The second-order valence-corrected chi connectivity index (χ2v) is 3.19. The normalized spacial score (nSPS) is 12.4. The molecule has 4 N–H and O–H groups in total. The Morgan fingerprint density at radius 1 is 1.36 bits per heavy atom. The van der Waals surface area contributed by atoms with Crippen molar-refractivity contribution >= 4 is 5.97 Å². The predicted molar refractivity (Wildman–Crippen MR) is 47.8 cm³/mol. The maximum absolute atomic E-state index is 10.4. The van der Waals surface area contributed by atoms with E-state index in [4.69, 9.17) is 5.11 Å². The summed E-state index contributed by atoms with van der Waals surface area (Å²) in [5.41, 5.74) is 5.15. The lowest BCUT2D eigenvalue weighted by Gasteiger charge is -2.09. The fraction of sp³-hybridized carbons (Fsp3) is 0.300. The van der Waals surface area contributed by atoms with Crippen LogP contribution in [0.15, 0.2) is 24.3 Å². The van der Waals surface area contributed by atoms with E-state index in [1.54, 1.807) is 24.3 Å². The summed E-state index contributed by atoms with van der Waals surface area (Å²) in [5, 5.41) is 19.2. The first-order valence-electron chi connectivity index (χ1n) is 4.36. The van der Waals surface area contributed by atoms with Crippen molar-refractivity contribution in [1.29, 1.82) is 0 Å². The molecule has 1 aromatic rings. The Bertz CT molecular complexity index is 308. The average molecular weight is 195 g/mol. The molecule has 0 aliphatic rings. The van der Waals surface area contributed by atoms with Crippen LogP contribution in [0.4, 0.5) is 0 Å². The molecule has 0 fully saturated rings. The van der Waals surface area contributed by atoms with Gasteiger partial charge in [-0.3, -0.25) is 0 Å². The number of carboxylic acid groups (broad SMARTS) is 1. The summed E-state index contributed by atoms with van der Waals surface area (Å²) in [6.07, 6.45) is 0.355. The van der Waals surface area contributed by atoms with Gasteiger partial charge in [0.15, 0.2) is 0 Å². The standard InChI is InChI=1S/C10H13NO3/c11-9(10(13)14)5-7-1-3-8(6-12)4-2-7/h1-4,9,12H,5-6,11H2,(H,13,14)/t9-/m0/s1. The van der Waals surface area contributed by atoms with Crippen LogP contribution in [-0.2, 0) is 17.8 Å². The van der Waals surface area contributed by atoms with Gasteiger partial charge in [-0.25, -0.2) is 0 Å². The number of aliphatic carboxylic acids is 1. The van der Waals surface area contributed by atoms with Crippen LogP contribution in [0, 0.1) is 0 Å². The highest BCUT2D eigenvalue weighted by Crippen LogP contribution is 2.05. The number of carbonyl (C=O) groups is 1. The Kier molecular flexibility index (Phi) is 3.62. The van der Waals surface area contributed by atoms with Crippen LogP contribution in [0.5, 0.6) is 0 Å². The summed E-state index contributed by atoms with van der Waals surface area (Å²) in [6, 6.07) is 6.36. The zero-order chi connectivity index (χ0) is 10.6. The summed E-state index contributed by atoms with van der Waals surface area (Å²) in [6.45, 7) is -0.00539. The second kappa shape index (κ2) is 4.74. The van der Waals surface area contributed by atoms with Gasteiger partial charge >= 0.3 is 0 Å². The summed E-state index contributed by atoms with van der Waals surface area (Å²) in [7, 11) is 0. The summed E-state index contributed by atoms with van der Waals surface area (Å²) < 4.78 is 0. The van der Waals surface area contributed by atoms with E-state index in [1.165, 1.54) is 0 Å². The minimum absolute atomic E-state index is 0.00539. The van der Waals surface area contributed by atoms with Gasteiger partial charge in [0.1, 0.15) is 6.04 Å². The molecule has 0 aliphatic carbocycles. The molecule has 0 heterocycles. The first kappa shape index (κ1) is 10.7. The van der Waals surface area contributed by atoms with Gasteiger partial charge in [0, 0.05) is 6.42 Å². The van der Waals surface area contributed by atoms with Crippen molar-refractivity contribution in [3.8, 4) is 0 Å². The van der Waals surface area contributed by atoms with Crippen molar-refractivity contribution in [3.05, 3.63) is 35.4 Å². The van der Waals surface area contributed by atoms with Crippen LogP contribution in [0.25, 0.3) is 0 Å². The van der Waals surface area contributed by atoms with Crippen LogP contribution in [-0.4, -0.2) is 17.1 Å². The average Bonchev–Trinajstić information content (AvgIpc) is 2.19. The van der Waals surface area contributed by atoms with Crippen molar-refractivity contribution in [3.63, 3.8) is 0 Å². The van der Waals surface area contributed by atoms with Gasteiger partial charge in [0.25, 0.3) is 0 Å². The van der Waals surface area contributed by atoms with Gasteiger partial charge in [-0.15, -0.1) is 0 Å². The molecule has 14 heavy (non-hydrogen) atoms. The van der Waals surface area contributed by atoms with Gasteiger partial charge in [-0.1, -0.05) is 24.3 Å². The number of rotatable bonds is 4. The van der Waals surface area contributed by atoms with Gasteiger partial charge < -0.3 is 20.7 Å². The molecule has 0 aromatic heterocycles. The van der Waals surface area contributed by atoms with E-state index in [-0.39, 0.29) is 6.61 Å². The molecule has 1 atom stereocenters. The number of carbonyl (C=O) groups excluding carboxylic acids is 1. The first-order chi connectivity index (χ1) is 6.63. The second-order valence-electron chi connectivity index (χ2n) is 3.19. The highest BCUT2D eigenvalue weighted by atomic mass is 16.4. The molecule has 1 aromatic carbocycles. The van der Waals surface area contributed by atoms with Crippen LogP contribution >= 0.6 is 0 Å². The van der Waals surface area contributed by atoms with E-state index < -0.39 is 12.0 Å². The number of carboxylic acids is 1. The lowest BCUT2D eigenvalue weighted by atomic mass is 10.1. The highest BCUT2D eigenvalue weighted by molar-refractivity contribution is 5.69. The maximum Gasteiger partial charge on any atom is 0.129 e. The molecule has 0 spiro atoms. The van der Waals surface area contributed by atoms with Crippen molar-refractivity contribution in [2.45, 2.75) is 19.1 Å². The van der Waals surface area contributed by atoms with E-state index in [0.29, 0.717) is 6.42 Å². The molecule has 0 radical (unpaired) electrons. The molecule has 0 unspecified atom stereocenters. The van der Waals surface area contributed by atoms with Crippen LogP contribution in [0.2, 0.25) is 0 Å². The van der Waals surface area contributed by atoms with Gasteiger partial charge in [0.2, 0.25) is 0 Å². The summed E-state index contributed by atoms with van der Waals surface area (Å²) >= 11 is 0. The number of benzene rings is 1. The lowest BCUT2D eigenvalue weighted by Crippen LogP contribution is -2.69. The van der Waals surface area contributed by atoms with Crippen LogP contribution in [0.3, 0.4) is 0 Å². The molecular weight excluding hydrogens is 182 g/mol. The Balaban J connectivity index is 2.64. The van der Waals surface area contributed by atoms with E-state index in [2.05, 4.69) is 5.73 Å². The largest absolute Gasteiger partial charge is 0.544 e. The van der Waals surface area contributed by atoms with Crippen molar-refractivity contribution in [2.75, 3.05) is 0 Å². The summed E-state index contributed by atoms with van der Waals surface area (Å²) in [5.74, 6) is -1.14. The van der Waals surface area contributed by atoms with E-state index in [1.807, 2.05) is 0 Å². The fourth-order valence-corrected chi connectivity index (χ4v) is 1.15. The van der Waals surface area contributed by atoms with Gasteiger partial charge in [0.05, 0.1) is 12.6 Å². The summed E-state index contributed by atoms with van der Waals surface area (Å²) in [4.78, 5) is 10.4. The maximum atomic E-state index is 10.4. The highest BCUT2D eigenvalue weighted by Gasteiger charge is 2.07. The Morgan fingerprint density at radius 3 is 2.29 bits per heavy atom. The SMILES string of the molecule is [NH3+][C@@H](Cc1ccc(CO)cc1)C(=O)[O-]. The Morgan fingerprint density at radius 2 is 1.86 bits per heavy atom. The van der Waals surface area contributed by atoms with E-state index in [0.717, 1.165) is 11.1 Å². The molecule has 0 aliphatic heterocycles. The smallest absolute Gasteiger partial charge is 0.129 e. The fourth-order valence-electron chi connectivity index (χ4n) is 1.15. The van der Waals surface area contributed by atoms with Gasteiger partial charge in [-0.05, 0) is 11.1 Å². The Labute approximate surface area is 82.0 Å². The third-order valence-corrected chi connectivity index (χ3v) is 2.02. The monoisotopic (exact) mass is 195 g/mol. The zero-order valence-corrected chi connectivity index (χ0v) is 7.77. The third kappa shape index (κ3) is 2.83. The number of hydrogen-bond donors (Lipinski definition) is 2. The molecule has 0 saturated heterocycles. The molecule has 76 valence electrons. The van der Waals surface area contributed by atoms with E-state index >= 15 is 0 Å². The minimum Gasteiger partial charge on any atom is -0.544 e. The molecule has 1 rings (SSSR count). The van der Waals surface area contributed by atoms with Crippen molar-refractivity contribution in [1.82, 2.24) is 0 Å². The molecule has 4 heteroatoms. The molecule has 0 saturated carbocycles. The predicted octanol–water partition coefficient (Wildman–Crippen LogP) is -1.92. The van der Waals surface area contributed by atoms with Crippen LogP contribution < -0.4 is 10.8 Å². The Hall–Kier alpha value is -1.39. The molecule has 0 amide bonds. The number of hydrogen-bond acceptors (Lipinski definition) is 3. The first-order valence-corrected chi connectivity index (χ1v) is 4.36. The minimum atomic E-state index is -1.14.